The molecule has 1 aliphatic carbocycles. The lowest BCUT2D eigenvalue weighted by molar-refractivity contribution is -0.115. The predicted molar refractivity (Wildman–Crippen MR) is 110 cm³/mol. The van der Waals surface area contributed by atoms with Crippen molar-refractivity contribution in [2.75, 3.05) is 5.32 Å². The number of pyridine rings is 1. The maximum Gasteiger partial charge on any atom is 0.228 e. The SMILES string of the molecule is O=C(C/C=C1/c2ccccc2CCc2cc(Cl)ccc21)Nc1cccnc1. The highest BCUT2D eigenvalue weighted by molar-refractivity contribution is 6.30. The minimum absolute atomic E-state index is 0.0623. The maximum atomic E-state index is 12.4. The Bertz CT molecular complexity index is 1010. The third kappa shape index (κ3) is 3.93. The van der Waals surface area contributed by atoms with Crippen molar-refractivity contribution < 1.29 is 4.79 Å². The third-order valence-corrected chi connectivity index (χ3v) is 5.00. The number of fused-ring (bicyclic) bond motifs is 2. The molecule has 2 aromatic carbocycles. The van der Waals surface area contributed by atoms with Gasteiger partial charge < -0.3 is 5.32 Å². The summed E-state index contributed by atoms with van der Waals surface area (Å²) in [4.78, 5) is 16.4. The molecule has 0 bridgehead atoms. The molecule has 1 amide bonds. The van der Waals surface area contributed by atoms with E-state index in [0.29, 0.717) is 12.1 Å². The zero-order valence-electron chi connectivity index (χ0n) is 14.8. The monoisotopic (exact) mass is 374 g/mol. The zero-order chi connectivity index (χ0) is 18.6. The second kappa shape index (κ2) is 7.77. The largest absolute Gasteiger partial charge is 0.324 e. The van der Waals surface area contributed by atoms with Crippen molar-refractivity contribution in [1.82, 2.24) is 4.98 Å². The summed E-state index contributed by atoms with van der Waals surface area (Å²) in [6, 6.07) is 18.0. The van der Waals surface area contributed by atoms with Crippen LogP contribution in [0.15, 0.2) is 73.1 Å². The molecular weight excluding hydrogens is 356 g/mol. The molecule has 0 aliphatic heterocycles. The van der Waals surface area contributed by atoms with Gasteiger partial charge in [-0.2, -0.15) is 0 Å². The summed E-state index contributed by atoms with van der Waals surface area (Å²) < 4.78 is 0. The van der Waals surface area contributed by atoms with Crippen molar-refractivity contribution in [3.05, 3.63) is 100 Å². The van der Waals surface area contributed by atoms with E-state index in [1.54, 1.807) is 18.5 Å². The van der Waals surface area contributed by atoms with E-state index in [1.807, 2.05) is 30.3 Å². The molecule has 0 radical (unpaired) electrons. The van der Waals surface area contributed by atoms with Crippen molar-refractivity contribution >= 4 is 28.8 Å². The highest BCUT2D eigenvalue weighted by Gasteiger charge is 2.18. The molecule has 0 saturated heterocycles. The molecule has 0 spiro atoms. The number of hydrogen-bond donors (Lipinski definition) is 1. The lowest BCUT2D eigenvalue weighted by Crippen LogP contribution is -2.10. The van der Waals surface area contributed by atoms with Crippen LogP contribution in [0.4, 0.5) is 5.69 Å². The van der Waals surface area contributed by atoms with E-state index in [-0.39, 0.29) is 5.91 Å². The first kappa shape index (κ1) is 17.5. The summed E-state index contributed by atoms with van der Waals surface area (Å²) in [5.74, 6) is -0.0623. The molecule has 1 aliphatic rings. The first-order chi connectivity index (χ1) is 13.2. The molecular formula is C23H19ClN2O. The fraction of sp³-hybridized carbons (Fsp3) is 0.130. The smallest absolute Gasteiger partial charge is 0.228 e. The Hall–Kier alpha value is -2.91. The van der Waals surface area contributed by atoms with E-state index in [0.717, 1.165) is 29.0 Å². The van der Waals surface area contributed by atoms with Gasteiger partial charge in [0.2, 0.25) is 5.91 Å². The minimum Gasteiger partial charge on any atom is -0.324 e. The standard InChI is InChI=1S/C23H19ClN2O/c24-18-9-10-21-17(14-18)8-7-16-4-1-2-6-20(16)22(21)11-12-23(27)26-19-5-3-13-25-15-19/h1-6,9-11,13-15H,7-8,12H2,(H,26,27)/b22-11-. The van der Waals surface area contributed by atoms with Crippen LogP contribution in [0.5, 0.6) is 0 Å². The van der Waals surface area contributed by atoms with E-state index >= 15 is 0 Å². The summed E-state index contributed by atoms with van der Waals surface area (Å²) in [5, 5.41) is 3.63. The first-order valence-corrected chi connectivity index (χ1v) is 9.35. The summed E-state index contributed by atoms with van der Waals surface area (Å²) in [7, 11) is 0. The Kier molecular flexibility index (Phi) is 5.03. The first-order valence-electron chi connectivity index (χ1n) is 8.98. The molecule has 0 unspecified atom stereocenters. The highest BCUT2D eigenvalue weighted by Crippen LogP contribution is 2.35. The Morgan fingerprint density at radius 2 is 1.85 bits per heavy atom. The second-order valence-corrected chi connectivity index (χ2v) is 7.01. The molecule has 0 atom stereocenters. The summed E-state index contributed by atoms with van der Waals surface area (Å²) >= 11 is 6.22. The Morgan fingerprint density at radius 1 is 1.04 bits per heavy atom. The number of halogens is 1. The van der Waals surface area contributed by atoms with Crippen molar-refractivity contribution in [3.63, 3.8) is 0 Å². The van der Waals surface area contributed by atoms with Gasteiger partial charge in [0.1, 0.15) is 0 Å². The molecule has 0 fully saturated rings. The van der Waals surface area contributed by atoms with Crippen LogP contribution in [-0.4, -0.2) is 10.9 Å². The maximum absolute atomic E-state index is 12.4. The number of hydrogen-bond acceptors (Lipinski definition) is 2. The third-order valence-electron chi connectivity index (χ3n) is 4.77. The Morgan fingerprint density at radius 3 is 2.70 bits per heavy atom. The molecule has 1 heterocycles. The van der Waals surface area contributed by atoms with Crippen LogP contribution in [0.1, 0.15) is 28.7 Å². The van der Waals surface area contributed by atoms with Gasteiger partial charge in [0.25, 0.3) is 0 Å². The number of carbonyl (C=O) groups excluding carboxylic acids is 1. The topological polar surface area (TPSA) is 42.0 Å². The molecule has 0 saturated carbocycles. The summed E-state index contributed by atoms with van der Waals surface area (Å²) in [6.45, 7) is 0. The van der Waals surface area contributed by atoms with Crippen LogP contribution in [0.2, 0.25) is 5.02 Å². The number of carbonyl (C=O) groups is 1. The van der Waals surface area contributed by atoms with Gasteiger partial charge in [-0.25, -0.2) is 0 Å². The van der Waals surface area contributed by atoms with Crippen molar-refractivity contribution in [3.8, 4) is 0 Å². The average molecular weight is 375 g/mol. The van der Waals surface area contributed by atoms with Crippen LogP contribution in [0.25, 0.3) is 5.57 Å². The molecule has 3 nitrogen and oxygen atoms in total. The number of nitrogens with zero attached hydrogens (tertiary/aromatic N) is 1. The number of aryl methyl sites for hydroxylation is 2. The number of benzene rings is 2. The van der Waals surface area contributed by atoms with Crippen LogP contribution >= 0.6 is 11.6 Å². The fourth-order valence-corrected chi connectivity index (χ4v) is 3.71. The van der Waals surface area contributed by atoms with Gasteiger partial charge in [0.15, 0.2) is 0 Å². The number of nitrogens with one attached hydrogen (secondary N) is 1. The van der Waals surface area contributed by atoms with E-state index in [2.05, 4.69) is 34.6 Å². The van der Waals surface area contributed by atoms with Gasteiger partial charge in [-0.1, -0.05) is 48.0 Å². The molecule has 4 heteroatoms. The zero-order valence-corrected chi connectivity index (χ0v) is 15.5. The van der Waals surface area contributed by atoms with Crippen LogP contribution in [-0.2, 0) is 17.6 Å². The molecule has 1 aromatic heterocycles. The van der Waals surface area contributed by atoms with E-state index in [9.17, 15) is 4.79 Å². The number of rotatable bonds is 3. The molecule has 134 valence electrons. The minimum atomic E-state index is -0.0623. The number of anilines is 1. The fourth-order valence-electron chi connectivity index (χ4n) is 3.51. The quantitative estimate of drug-likeness (QED) is 0.676. The van der Waals surface area contributed by atoms with Gasteiger partial charge >= 0.3 is 0 Å². The predicted octanol–water partition coefficient (Wildman–Crippen LogP) is 5.29. The van der Waals surface area contributed by atoms with Gasteiger partial charge in [0.05, 0.1) is 11.9 Å². The van der Waals surface area contributed by atoms with E-state index in [4.69, 9.17) is 11.6 Å². The van der Waals surface area contributed by atoms with Gasteiger partial charge in [-0.15, -0.1) is 0 Å². The summed E-state index contributed by atoms with van der Waals surface area (Å²) in [5.41, 5.74) is 6.65. The lowest BCUT2D eigenvalue weighted by Gasteiger charge is -2.12. The summed E-state index contributed by atoms with van der Waals surface area (Å²) in [6.07, 6.45) is 7.53. The van der Waals surface area contributed by atoms with Gasteiger partial charge in [0, 0.05) is 17.6 Å². The van der Waals surface area contributed by atoms with Crippen molar-refractivity contribution in [1.29, 1.82) is 0 Å². The Labute approximate surface area is 163 Å². The normalized spacial score (nSPS) is 14.2. The lowest BCUT2D eigenvalue weighted by atomic mass is 9.93. The molecule has 3 aromatic rings. The van der Waals surface area contributed by atoms with E-state index < -0.39 is 0 Å². The van der Waals surface area contributed by atoms with Gasteiger partial charge in [-0.05, 0) is 64.9 Å². The highest BCUT2D eigenvalue weighted by atomic mass is 35.5. The van der Waals surface area contributed by atoms with Crippen LogP contribution in [0.3, 0.4) is 0 Å². The molecule has 1 N–H and O–H groups in total. The van der Waals surface area contributed by atoms with Crippen LogP contribution < -0.4 is 5.32 Å². The second-order valence-electron chi connectivity index (χ2n) is 6.57. The van der Waals surface area contributed by atoms with Crippen LogP contribution in [0, 0.1) is 0 Å². The van der Waals surface area contributed by atoms with Crippen molar-refractivity contribution in [2.45, 2.75) is 19.3 Å². The molecule has 4 rings (SSSR count). The van der Waals surface area contributed by atoms with Crippen molar-refractivity contribution in [2.24, 2.45) is 0 Å². The number of amides is 1. The van der Waals surface area contributed by atoms with E-state index in [1.165, 1.54) is 16.7 Å². The Balaban J connectivity index is 1.68. The number of aromatic nitrogens is 1. The average Bonchev–Trinajstić information content (AvgIpc) is 2.84. The van der Waals surface area contributed by atoms with Gasteiger partial charge in [-0.3, -0.25) is 9.78 Å². The molecule has 27 heavy (non-hydrogen) atoms.